The Labute approximate surface area is 151 Å². The minimum Gasteiger partial charge on any atom is -0.296 e. The van der Waals surface area contributed by atoms with Crippen molar-refractivity contribution >= 4 is 22.3 Å². The number of rotatable bonds is 4. The maximum absolute atomic E-state index is 12.8. The van der Waals surface area contributed by atoms with Gasteiger partial charge >= 0.3 is 0 Å². The van der Waals surface area contributed by atoms with E-state index in [1.165, 1.54) is 0 Å². The van der Waals surface area contributed by atoms with Crippen LogP contribution >= 0.6 is 0 Å². The van der Waals surface area contributed by atoms with Gasteiger partial charge in [0.05, 0.1) is 5.70 Å². The molecule has 1 aromatic heterocycles. The third kappa shape index (κ3) is 3.05. The summed E-state index contributed by atoms with van der Waals surface area (Å²) in [6, 6.07) is 17.8. The van der Waals surface area contributed by atoms with E-state index in [4.69, 9.17) is 5.73 Å². The van der Waals surface area contributed by atoms with Gasteiger partial charge in [-0.25, -0.2) is 0 Å². The van der Waals surface area contributed by atoms with Gasteiger partial charge < -0.3 is 0 Å². The fourth-order valence-electron chi connectivity index (χ4n) is 2.98. The number of azo groups is 1. The Hall–Kier alpha value is -3.18. The molecule has 1 atom stereocenters. The van der Waals surface area contributed by atoms with E-state index in [2.05, 4.69) is 15.2 Å². The van der Waals surface area contributed by atoms with Gasteiger partial charge in [0.2, 0.25) is 5.66 Å². The number of fused-ring (bicyclic) bond motifs is 1. The number of hydrogen-bond acceptors (Lipinski definition) is 5. The highest BCUT2D eigenvalue weighted by Crippen LogP contribution is 2.28. The summed E-state index contributed by atoms with van der Waals surface area (Å²) in [4.78, 5) is 17.0. The predicted octanol–water partition coefficient (Wildman–Crippen LogP) is 3.82. The van der Waals surface area contributed by atoms with Crippen LogP contribution in [0.15, 0.2) is 77.1 Å². The minimum absolute atomic E-state index is 0.188. The quantitative estimate of drug-likeness (QED) is 0.782. The van der Waals surface area contributed by atoms with Crippen LogP contribution in [0.4, 0.5) is 0 Å². The molecule has 26 heavy (non-hydrogen) atoms. The predicted molar refractivity (Wildman–Crippen MR) is 101 cm³/mol. The van der Waals surface area contributed by atoms with Crippen molar-refractivity contribution in [2.24, 2.45) is 16.0 Å². The molecule has 0 fully saturated rings. The lowest BCUT2D eigenvalue weighted by atomic mass is 9.96. The molecular formula is C21H18N4O. The van der Waals surface area contributed by atoms with Crippen LogP contribution in [0.1, 0.15) is 16.8 Å². The Balaban J connectivity index is 1.57. The molecule has 5 heteroatoms. The van der Waals surface area contributed by atoms with Gasteiger partial charge in [-0.1, -0.05) is 42.5 Å². The van der Waals surface area contributed by atoms with Crippen LogP contribution in [-0.2, 0) is 11.2 Å². The average Bonchev–Trinajstić information content (AvgIpc) is 3.06. The van der Waals surface area contributed by atoms with E-state index in [1.54, 1.807) is 12.3 Å². The van der Waals surface area contributed by atoms with Crippen molar-refractivity contribution in [2.75, 3.05) is 0 Å². The highest BCUT2D eigenvalue weighted by atomic mass is 16.1. The van der Waals surface area contributed by atoms with Crippen molar-refractivity contribution in [3.05, 3.63) is 83.7 Å². The molecule has 0 amide bonds. The number of carbonyl (C=O) groups excluding carboxylic acids is 1. The SMILES string of the molecule is Cc1ccc(C2=CC(N)(C(=O)Cc3ccc4ccccc4c3)N=N2)cn1. The summed E-state index contributed by atoms with van der Waals surface area (Å²) in [5.41, 5.74) is 7.98. The highest BCUT2D eigenvalue weighted by Gasteiger charge is 2.35. The summed E-state index contributed by atoms with van der Waals surface area (Å²) < 4.78 is 0. The lowest BCUT2D eigenvalue weighted by Gasteiger charge is -2.15. The number of carbonyl (C=O) groups is 1. The summed E-state index contributed by atoms with van der Waals surface area (Å²) >= 11 is 0. The molecule has 0 bridgehead atoms. The average molecular weight is 342 g/mol. The second-order valence-electron chi connectivity index (χ2n) is 6.52. The van der Waals surface area contributed by atoms with Crippen molar-refractivity contribution in [3.8, 4) is 0 Å². The number of Topliss-reactive ketones (excluding diaryl/α,β-unsaturated/α-hetero) is 1. The van der Waals surface area contributed by atoms with E-state index in [0.717, 1.165) is 27.6 Å². The molecule has 4 rings (SSSR count). The molecule has 2 aromatic carbocycles. The molecule has 1 aliphatic heterocycles. The van der Waals surface area contributed by atoms with Crippen LogP contribution in [-0.4, -0.2) is 16.4 Å². The minimum atomic E-state index is -1.42. The molecule has 2 N–H and O–H groups in total. The Morgan fingerprint density at radius 2 is 1.88 bits per heavy atom. The molecule has 0 saturated carbocycles. The van der Waals surface area contributed by atoms with E-state index in [1.807, 2.05) is 61.5 Å². The lowest BCUT2D eigenvalue weighted by molar-refractivity contribution is -0.121. The third-order valence-electron chi connectivity index (χ3n) is 4.51. The monoisotopic (exact) mass is 342 g/mol. The second-order valence-corrected chi connectivity index (χ2v) is 6.52. The summed E-state index contributed by atoms with van der Waals surface area (Å²) in [5, 5.41) is 10.4. The van der Waals surface area contributed by atoms with Crippen LogP contribution in [0, 0.1) is 6.92 Å². The van der Waals surface area contributed by atoms with Crippen LogP contribution in [0.3, 0.4) is 0 Å². The smallest absolute Gasteiger partial charge is 0.209 e. The summed E-state index contributed by atoms with van der Waals surface area (Å²) in [6.07, 6.45) is 3.53. The van der Waals surface area contributed by atoms with Crippen LogP contribution in [0.25, 0.3) is 16.5 Å². The molecule has 1 unspecified atom stereocenters. The number of ketones is 1. The van der Waals surface area contributed by atoms with Crippen LogP contribution in [0.5, 0.6) is 0 Å². The number of benzene rings is 2. The molecule has 0 aliphatic carbocycles. The van der Waals surface area contributed by atoms with Gasteiger partial charge in [0.25, 0.3) is 0 Å². The molecule has 0 radical (unpaired) electrons. The lowest BCUT2D eigenvalue weighted by Crippen LogP contribution is -2.43. The van der Waals surface area contributed by atoms with Gasteiger partial charge in [0.15, 0.2) is 5.78 Å². The standard InChI is InChI=1S/C21H18N4O/c1-14-6-8-18(13-23-14)19-12-21(22,25-24-19)20(26)11-15-7-9-16-4-2-3-5-17(16)10-15/h2-10,12-13H,11,22H2,1H3. The maximum Gasteiger partial charge on any atom is 0.209 e. The zero-order chi connectivity index (χ0) is 18.1. The Kier molecular flexibility index (Phi) is 3.93. The molecule has 0 saturated heterocycles. The van der Waals surface area contributed by atoms with Crippen molar-refractivity contribution < 1.29 is 4.79 Å². The van der Waals surface area contributed by atoms with Crippen molar-refractivity contribution in [3.63, 3.8) is 0 Å². The Morgan fingerprint density at radius 3 is 2.65 bits per heavy atom. The van der Waals surface area contributed by atoms with Crippen molar-refractivity contribution in [1.82, 2.24) is 4.98 Å². The zero-order valence-corrected chi connectivity index (χ0v) is 14.4. The van der Waals surface area contributed by atoms with Gasteiger partial charge in [-0.2, -0.15) is 10.2 Å². The van der Waals surface area contributed by atoms with E-state index in [0.29, 0.717) is 5.70 Å². The summed E-state index contributed by atoms with van der Waals surface area (Å²) in [7, 11) is 0. The Bertz CT molecular complexity index is 1050. The van der Waals surface area contributed by atoms with E-state index < -0.39 is 5.66 Å². The number of hydrogen-bond donors (Lipinski definition) is 1. The van der Waals surface area contributed by atoms with E-state index in [-0.39, 0.29) is 12.2 Å². The fraction of sp³-hybridized carbons (Fsp3) is 0.143. The number of aryl methyl sites for hydroxylation is 1. The summed E-state index contributed by atoms with van der Waals surface area (Å²) in [6.45, 7) is 1.91. The molecule has 1 aliphatic rings. The molecule has 2 heterocycles. The van der Waals surface area contributed by atoms with Crippen molar-refractivity contribution in [2.45, 2.75) is 19.0 Å². The number of aromatic nitrogens is 1. The second kappa shape index (κ2) is 6.28. The first kappa shape index (κ1) is 16.3. The van der Waals surface area contributed by atoms with Crippen molar-refractivity contribution in [1.29, 1.82) is 0 Å². The molecule has 3 aromatic rings. The largest absolute Gasteiger partial charge is 0.296 e. The van der Waals surface area contributed by atoms with Gasteiger partial charge in [-0.05, 0) is 41.5 Å². The van der Waals surface area contributed by atoms with Crippen LogP contribution < -0.4 is 5.73 Å². The van der Waals surface area contributed by atoms with E-state index in [9.17, 15) is 4.79 Å². The molecular weight excluding hydrogens is 324 g/mol. The fourth-order valence-corrected chi connectivity index (χ4v) is 2.98. The van der Waals surface area contributed by atoms with Crippen LogP contribution in [0.2, 0.25) is 0 Å². The third-order valence-corrected chi connectivity index (χ3v) is 4.51. The number of nitrogens with two attached hydrogens (primary N) is 1. The summed E-state index contributed by atoms with van der Waals surface area (Å²) in [5.74, 6) is -0.188. The zero-order valence-electron chi connectivity index (χ0n) is 14.4. The van der Waals surface area contributed by atoms with E-state index >= 15 is 0 Å². The molecule has 0 spiro atoms. The first-order valence-corrected chi connectivity index (χ1v) is 8.42. The highest BCUT2D eigenvalue weighted by molar-refractivity contribution is 5.95. The maximum atomic E-state index is 12.8. The first-order chi connectivity index (χ1) is 12.5. The molecule has 5 nitrogen and oxygen atoms in total. The first-order valence-electron chi connectivity index (χ1n) is 8.42. The normalized spacial score (nSPS) is 18.9. The molecule has 128 valence electrons. The number of nitrogens with zero attached hydrogens (tertiary/aromatic N) is 3. The van der Waals surface area contributed by atoms with Gasteiger partial charge in [-0.15, -0.1) is 0 Å². The van der Waals surface area contributed by atoms with Gasteiger partial charge in [-0.3, -0.25) is 15.5 Å². The van der Waals surface area contributed by atoms with Gasteiger partial charge in [0.1, 0.15) is 0 Å². The van der Waals surface area contributed by atoms with Gasteiger partial charge in [0, 0.05) is 23.9 Å². The topological polar surface area (TPSA) is 80.7 Å². The number of pyridine rings is 1. The Morgan fingerprint density at radius 1 is 1.08 bits per heavy atom.